The van der Waals surface area contributed by atoms with Crippen molar-refractivity contribution in [2.24, 2.45) is 0 Å². The number of methoxy groups -OCH3 is 1. The maximum absolute atomic E-state index is 13.8. The Balaban J connectivity index is 2.60. The predicted octanol–water partition coefficient (Wildman–Crippen LogP) is 2.08. The summed E-state index contributed by atoms with van der Waals surface area (Å²) in [6, 6.07) is 4.03. The second-order valence-electron chi connectivity index (χ2n) is 6.06. The summed E-state index contributed by atoms with van der Waals surface area (Å²) in [5.74, 6) is -1.04. The number of benzene rings is 1. The molecule has 0 aliphatic rings. The van der Waals surface area contributed by atoms with Gasteiger partial charge in [-0.2, -0.15) is 16.5 Å². The van der Waals surface area contributed by atoms with Crippen LogP contribution in [0, 0.1) is 5.82 Å². The quantitative estimate of drug-likeness (QED) is 0.364. The summed E-state index contributed by atoms with van der Waals surface area (Å²) in [4.78, 5) is 23.0. The van der Waals surface area contributed by atoms with Crippen LogP contribution in [-0.2, 0) is 24.3 Å². The predicted molar refractivity (Wildman–Crippen MR) is 107 cm³/mol. The molecule has 0 aliphatic heterocycles. The Morgan fingerprint density at radius 2 is 1.93 bits per heavy atom. The maximum Gasteiger partial charge on any atom is 0.305 e. The number of unbranched alkanes of at least 4 members (excludes halogenated alkanes) is 2. The lowest BCUT2D eigenvalue weighted by molar-refractivity contribution is -0.140. The highest BCUT2D eigenvalue weighted by molar-refractivity contribution is 7.98. The summed E-state index contributed by atoms with van der Waals surface area (Å²) in [6.45, 7) is 0.358. The van der Waals surface area contributed by atoms with E-state index in [1.807, 2.05) is 6.26 Å². The van der Waals surface area contributed by atoms with Crippen molar-refractivity contribution in [2.75, 3.05) is 25.7 Å². The Morgan fingerprint density at radius 1 is 1.21 bits per heavy atom. The third-order valence-corrected chi connectivity index (χ3v) is 6.08. The zero-order chi connectivity index (χ0) is 21.0. The normalized spacial score (nSPS) is 12.4. The number of rotatable bonds is 13. The third kappa shape index (κ3) is 8.57. The average Bonchev–Trinajstić information content (AvgIpc) is 2.67. The third-order valence-electron chi connectivity index (χ3n) is 3.94. The first-order chi connectivity index (χ1) is 13.3. The van der Waals surface area contributed by atoms with E-state index < -0.39 is 32.7 Å². The maximum atomic E-state index is 13.8. The average molecular weight is 435 g/mol. The van der Waals surface area contributed by atoms with Crippen LogP contribution < -0.4 is 10.0 Å². The van der Waals surface area contributed by atoms with Crippen molar-refractivity contribution in [3.8, 4) is 0 Å². The number of nitrogens with one attached hydrogen (secondary N) is 2. The molecule has 1 amide bonds. The molecule has 0 spiro atoms. The van der Waals surface area contributed by atoms with E-state index in [4.69, 9.17) is 0 Å². The van der Waals surface area contributed by atoms with Crippen LogP contribution in [0.2, 0.25) is 0 Å². The van der Waals surface area contributed by atoms with Crippen LogP contribution in [-0.4, -0.2) is 52.0 Å². The summed E-state index contributed by atoms with van der Waals surface area (Å²) in [6.07, 6.45) is 4.48. The van der Waals surface area contributed by atoms with Gasteiger partial charge in [0.25, 0.3) is 0 Å². The largest absolute Gasteiger partial charge is 0.469 e. The standard InChI is InChI=1S/C18H27FN2O5S2/c1-26-17(22)10-4-3-7-12-20-18(23)15(11-13-27-2)21-28(24,25)16-9-6-5-8-14(16)19/h5-6,8-9,15,21H,3-4,7,10-13H2,1-2H3,(H,20,23). The Labute approximate surface area is 169 Å². The van der Waals surface area contributed by atoms with Gasteiger partial charge < -0.3 is 10.1 Å². The van der Waals surface area contributed by atoms with E-state index in [1.165, 1.54) is 31.0 Å². The lowest BCUT2D eigenvalue weighted by Crippen LogP contribution is -2.47. The Kier molecular flexibility index (Phi) is 11.1. The Morgan fingerprint density at radius 3 is 2.57 bits per heavy atom. The molecule has 1 aromatic carbocycles. The van der Waals surface area contributed by atoms with Gasteiger partial charge in [0.05, 0.1) is 7.11 Å². The fourth-order valence-corrected chi connectivity index (χ4v) is 4.18. The van der Waals surface area contributed by atoms with E-state index in [2.05, 4.69) is 14.8 Å². The Hall–Kier alpha value is -1.65. The van der Waals surface area contributed by atoms with Gasteiger partial charge in [0, 0.05) is 13.0 Å². The highest BCUT2D eigenvalue weighted by atomic mass is 32.2. The topological polar surface area (TPSA) is 102 Å². The van der Waals surface area contributed by atoms with Gasteiger partial charge in [-0.25, -0.2) is 12.8 Å². The molecule has 0 bridgehead atoms. The molecule has 158 valence electrons. The summed E-state index contributed by atoms with van der Waals surface area (Å²) >= 11 is 1.48. The van der Waals surface area contributed by atoms with Crippen molar-refractivity contribution < 1.29 is 27.1 Å². The molecular formula is C18H27FN2O5S2. The molecular weight excluding hydrogens is 407 g/mol. The van der Waals surface area contributed by atoms with Gasteiger partial charge in [-0.15, -0.1) is 0 Å². The van der Waals surface area contributed by atoms with Gasteiger partial charge in [0.15, 0.2) is 0 Å². The number of hydrogen-bond donors (Lipinski definition) is 2. The molecule has 0 heterocycles. The second kappa shape index (κ2) is 12.7. The monoisotopic (exact) mass is 434 g/mol. The molecule has 0 fully saturated rings. The van der Waals surface area contributed by atoms with Crippen LogP contribution in [0.5, 0.6) is 0 Å². The lowest BCUT2D eigenvalue weighted by atomic mass is 10.2. The van der Waals surface area contributed by atoms with Crippen molar-refractivity contribution in [3.63, 3.8) is 0 Å². The van der Waals surface area contributed by atoms with Crippen LogP contribution in [0.15, 0.2) is 29.2 Å². The fourth-order valence-electron chi connectivity index (χ4n) is 2.40. The number of carbonyl (C=O) groups is 2. The summed E-state index contributed by atoms with van der Waals surface area (Å²) in [5.41, 5.74) is 0. The molecule has 0 saturated carbocycles. The SMILES string of the molecule is COC(=O)CCCCCNC(=O)C(CCSC)NS(=O)(=O)c1ccccc1F. The molecule has 1 rings (SSSR count). The van der Waals surface area contributed by atoms with Crippen molar-refractivity contribution >= 4 is 33.7 Å². The number of esters is 1. The molecule has 0 radical (unpaired) electrons. The lowest BCUT2D eigenvalue weighted by Gasteiger charge is -2.18. The van der Waals surface area contributed by atoms with Gasteiger partial charge in [-0.3, -0.25) is 9.59 Å². The first-order valence-electron chi connectivity index (χ1n) is 8.92. The van der Waals surface area contributed by atoms with Crippen molar-refractivity contribution in [2.45, 2.75) is 43.0 Å². The smallest absolute Gasteiger partial charge is 0.305 e. The molecule has 7 nitrogen and oxygen atoms in total. The van der Waals surface area contributed by atoms with Gasteiger partial charge in [0.1, 0.15) is 16.8 Å². The van der Waals surface area contributed by atoms with Crippen molar-refractivity contribution in [1.29, 1.82) is 0 Å². The van der Waals surface area contributed by atoms with E-state index in [0.29, 0.717) is 31.6 Å². The molecule has 1 unspecified atom stereocenters. The number of ether oxygens (including phenoxy) is 1. The van der Waals surface area contributed by atoms with Crippen molar-refractivity contribution in [3.05, 3.63) is 30.1 Å². The zero-order valence-corrected chi connectivity index (χ0v) is 17.7. The van der Waals surface area contributed by atoms with E-state index in [9.17, 15) is 22.4 Å². The zero-order valence-electron chi connectivity index (χ0n) is 16.1. The first-order valence-corrected chi connectivity index (χ1v) is 11.8. The minimum atomic E-state index is -4.16. The molecule has 0 saturated heterocycles. The molecule has 1 aromatic rings. The molecule has 0 aromatic heterocycles. The van der Waals surface area contributed by atoms with E-state index >= 15 is 0 Å². The highest BCUT2D eigenvalue weighted by Gasteiger charge is 2.27. The number of hydrogen-bond acceptors (Lipinski definition) is 6. The number of sulfonamides is 1. The van der Waals surface area contributed by atoms with E-state index in [-0.39, 0.29) is 12.4 Å². The number of thioether (sulfide) groups is 1. The first kappa shape index (κ1) is 24.4. The Bertz CT molecular complexity index is 743. The van der Waals surface area contributed by atoms with Crippen LogP contribution in [0.3, 0.4) is 0 Å². The van der Waals surface area contributed by atoms with Crippen LogP contribution in [0.25, 0.3) is 0 Å². The molecule has 10 heteroatoms. The summed E-state index contributed by atoms with van der Waals surface area (Å²) in [5, 5.41) is 2.70. The van der Waals surface area contributed by atoms with Crippen molar-refractivity contribution in [1.82, 2.24) is 10.0 Å². The number of carbonyl (C=O) groups excluding carboxylic acids is 2. The second-order valence-corrected chi connectivity index (χ2v) is 8.73. The van der Waals surface area contributed by atoms with Crippen LogP contribution >= 0.6 is 11.8 Å². The van der Waals surface area contributed by atoms with Gasteiger partial charge >= 0.3 is 5.97 Å². The molecule has 0 aliphatic carbocycles. The van der Waals surface area contributed by atoms with Crippen LogP contribution in [0.1, 0.15) is 32.1 Å². The van der Waals surface area contributed by atoms with Gasteiger partial charge in [-0.1, -0.05) is 18.6 Å². The highest BCUT2D eigenvalue weighted by Crippen LogP contribution is 2.15. The fraction of sp³-hybridized carbons (Fsp3) is 0.556. The minimum absolute atomic E-state index is 0.274. The molecule has 28 heavy (non-hydrogen) atoms. The van der Waals surface area contributed by atoms with Crippen LogP contribution in [0.4, 0.5) is 4.39 Å². The minimum Gasteiger partial charge on any atom is -0.469 e. The number of amides is 1. The molecule has 2 N–H and O–H groups in total. The van der Waals surface area contributed by atoms with Gasteiger partial charge in [0.2, 0.25) is 15.9 Å². The van der Waals surface area contributed by atoms with E-state index in [0.717, 1.165) is 18.6 Å². The summed E-state index contributed by atoms with van der Waals surface area (Å²) in [7, 11) is -2.83. The number of halogens is 1. The summed E-state index contributed by atoms with van der Waals surface area (Å²) < 4.78 is 45.6. The van der Waals surface area contributed by atoms with E-state index in [1.54, 1.807) is 0 Å². The van der Waals surface area contributed by atoms with Gasteiger partial charge in [-0.05, 0) is 43.4 Å². The molecule has 1 atom stereocenters.